The first-order chi connectivity index (χ1) is 7.34. The molecular weight excluding hydrogens is 210 g/mol. The Morgan fingerprint density at radius 1 is 1.33 bits per heavy atom. The van der Waals surface area contributed by atoms with Crippen molar-refractivity contribution >= 4 is 27.5 Å². The van der Waals surface area contributed by atoms with Crippen LogP contribution in [0.3, 0.4) is 0 Å². The minimum absolute atomic E-state index is 0.289. The van der Waals surface area contributed by atoms with Crippen molar-refractivity contribution in [2.24, 2.45) is 0 Å². The number of anilines is 1. The number of nitrogen functional groups attached to an aromatic ring is 1. The molecule has 0 bridgehead atoms. The average molecular weight is 217 g/mol. The fourth-order valence-corrected chi connectivity index (χ4v) is 2.30. The van der Waals surface area contributed by atoms with E-state index in [2.05, 4.69) is 20.2 Å². The molecule has 3 rings (SSSR count). The van der Waals surface area contributed by atoms with E-state index >= 15 is 0 Å². The van der Waals surface area contributed by atoms with E-state index in [0.29, 0.717) is 0 Å². The molecule has 0 radical (unpaired) electrons. The van der Waals surface area contributed by atoms with Crippen molar-refractivity contribution in [3.05, 3.63) is 23.8 Å². The van der Waals surface area contributed by atoms with E-state index in [1.54, 1.807) is 23.7 Å². The van der Waals surface area contributed by atoms with Crippen LogP contribution in [0.4, 0.5) is 5.95 Å². The van der Waals surface area contributed by atoms with Gasteiger partial charge in [-0.05, 0) is 11.4 Å². The van der Waals surface area contributed by atoms with Crippen molar-refractivity contribution in [2.45, 2.75) is 0 Å². The third-order valence-electron chi connectivity index (χ3n) is 2.09. The minimum Gasteiger partial charge on any atom is -0.368 e. The first-order valence-corrected chi connectivity index (χ1v) is 5.22. The highest BCUT2D eigenvalue weighted by Crippen LogP contribution is 2.29. The predicted molar refractivity (Wildman–Crippen MR) is 59.4 cm³/mol. The number of nitrogens with zero attached hydrogens (tertiary/aromatic N) is 3. The summed E-state index contributed by atoms with van der Waals surface area (Å²) in [6.45, 7) is 0. The summed E-state index contributed by atoms with van der Waals surface area (Å²) in [5, 5.41) is 8.63. The number of H-pyrrole nitrogens is 1. The van der Waals surface area contributed by atoms with E-state index in [0.717, 1.165) is 21.5 Å². The lowest BCUT2D eigenvalue weighted by atomic mass is 10.2. The second kappa shape index (κ2) is 3.03. The molecular formula is C9H7N5S. The van der Waals surface area contributed by atoms with E-state index in [9.17, 15) is 0 Å². The first-order valence-electron chi connectivity index (χ1n) is 4.34. The third-order valence-corrected chi connectivity index (χ3v) is 3.00. The molecule has 0 saturated heterocycles. The Morgan fingerprint density at radius 3 is 3.07 bits per heavy atom. The largest absolute Gasteiger partial charge is 0.368 e. The smallest absolute Gasteiger partial charge is 0.221 e. The van der Waals surface area contributed by atoms with Crippen molar-refractivity contribution in [1.29, 1.82) is 0 Å². The van der Waals surface area contributed by atoms with Crippen LogP contribution in [0.25, 0.3) is 21.5 Å². The molecule has 0 aromatic carbocycles. The summed E-state index contributed by atoms with van der Waals surface area (Å²) in [4.78, 5) is 8.39. The molecule has 5 nitrogen and oxygen atoms in total. The molecule has 74 valence electrons. The Labute approximate surface area is 89.0 Å². The Hall–Kier alpha value is -1.95. The Morgan fingerprint density at radius 2 is 2.27 bits per heavy atom. The third kappa shape index (κ3) is 1.26. The summed E-state index contributed by atoms with van der Waals surface area (Å²) in [6.07, 6.45) is 3.52. The maximum Gasteiger partial charge on any atom is 0.221 e. The van der Waals surface area contributed by atoms with Crippen LogP contribution in [-0.2, 0) is 0 Å². The standard InChI is InChI=1S/C9H7N5S/c10-9-13-6-1-2-15-8(6)7(14-9)5-3-11-12-4-5/h1-4H,(H,11,12)(H2,10,13,14). The van der Waals surface area contributed by atoms with Gasteiger partial charge in [0.15, 0.2) is 0 Å². The van der Waals surface area contributed by atoms with Crippen LogP contribution in [-0.4, -0.2) is 20.2 Å². The molecule has 0 atom stereocenters. The Balaban J connectivity index is 2.38. The molecule has 15 heavy (non-hydrogen) atoms. The molecule has 0 saturated carbocycles. The lowest BCUT2D eigenvalue weighted by Gasteiger charge is -1.99. The van der Waals surface area contributed by atoms with Gasteiger partial charge in [0.1, 0.15) is 0 Å². The van der Waals surface area contributed by atoms with Gasteiger partial charge < -0.3 is 5.73 Å². The fraction of sp³-hybridized carbons (Fsp3) is 0. The van der Waals surface area contributed by atoms with Crippen LogP contribution in [0.15, 0.2) is 23.8 Å². The molecule has 0 aliphatic rings. The number of hydrogen-bond donors (Lipinski definition) is 2. The highest BCUT2D eigenvalue weighted by atomic mass is 32.1. The van der Waals surface area contributed by atoms with Gasteiger partial charge in [0.25, 0.3) is 0 Å². The number of fused-ring (bicyclic) bond motifs is 1. The molecule has 0 amide bonds. The summed E-state index contributed by atoms with van der Waals surface area (Å²) < 4.78 is 1.03. The van der Waals surface area contributed by atoms with Crippen LogP contribution in [0, 0.1) is 0 Å². The van der Waals surface area contributed by atoms with Crippen LogP contribution in [0.2, 0.25) is 0 Å². The fourth-order valence-electron chi connectivity index (χ4n) is 1.46. The predicted octanol–water partition coefficient (Wildman–Crippen LogP) is 1.66. The molecule has 0 aliphatic heterocycles. The topological polar surface area (TPSA) is 80.5 Å². The summed E-state index contributed by atoms with van der Waals surface area (Å²) in [5.74, 6) is 0.289. The average Bonchev–Trinajstić information content (AvgIpc) is 2.86. The van der Waals surface area contributed by atoms with Gasteiger partial charge in [0.05, 0.1) is 22.1 Å². The van der Waals surface area contributed by atoms with E-state index in [4.69, 9.17) is 5.73 Å². The lowest BCUT2D eigenvalue weighted by Crippen LogP contribution is -1.95. The van der Waals surface area contributed by atoms with Crippen molar-refractivity contribution in [3.63, 3.8) is 0 Å². The van der Waals surface area contributed by atoms with Gasteiger partial charge in [0.2, 0.25) is 5.95 Å². The number of nitrogens with two attached hydrogens (primary N) is 1. The Bertz CT molecular complexity index is 598. The molecule has 0 fully saturated rings. The number of thiophene rings is 1. The summed E-state index contributed by atoms with van der Waals surface area (Å²) in [7, 11) is 0. The van der Waals surface area contributed by atoms with E-state index in [1.807, 2.05) is 11.4 Å². The molecule has 3 N–H and O–H groups in total. The summed E-state index contributed by atoms with van der Waals surface area (Å²) >= 11 is 1.60. The molecule has 6 heteroatoms. The second-order valence-corrected chi connectivity index (χ2v) is 3.97. The van der Waals surface area contributed by atoms with Gasteiger partial charge in [-0.3, -0.25) is 5.10 Å². The molecule has 3 aromatic heterocycles. The van der Waals surface area contributed by atoms with Crippen molar-refractivity contribution in [3.8, 4) is 11.3 Å². The zero-order valence-corrected chi connectivity index (χ0v) is 8.45. The maximum absolute atomic E-state index is 5.64. The highest BCUT2D eigenvalue weighted by molar-refractivity contribution is 7.17. The van der Waals surface area contributed by atoms with Crippen LogP contribution < -0.4 is 5.73 Å². The number of rotatable bonds is 1. The molecule has 0 spiro atoms. The van der Waals surface area contributed by atoms with Crippen molar-refractivity contribution < 1.29 is 0 Å². The number of aromatic amines is 1. The lowest BCUT2D eigenvalue weighted by molar-refractivity contribution is 1.09. The number of nitrogens with one attached hydrogen (secondary N) is 1. The quantitative estimate of drug-likeness (QED) is 0.649. The van der Waals surface area contributed by atoms with Gasteiger partial charge in [0, 0.05) is 11.8 Å². The minimum atomic E-state index is 0.289. The molecule has 0 aliphatic carbocycles. The number of aromatic nitrogens is 4. The number of hydrogen-bond acceptors (Lipinski definition) is 5. The molecule has 3 aromatic rings. The van der Waals surface area contributed by atoms with Crippen LogP contribution in [0.1, 0.15) is 0 Å². The van der Waals surface area contributed by atoms with Gasteiger partial charge in [-0.1, -0.05) is 0 Å². The first kappa shape index (κ1) is 8.37. The zero-order chi connectivity index (χ0) is 10.3. The zero-order valence-electron chi connectivity index (χ0n) is 7.64. The highest BCUT2D eigenvalue weighted by Gasteiger charge is 2.10. The van der Waals surface area contributed by atoms with Crippen molar-refractivity contribution in [2.75, 3.05) is 5.73 Å². The Kier molecular flexibility index (Phi) is 1.69. The molecule has 0 unspecified atom stereocenters. The van der Waals surface area contributed by atoms with Crippen LogP contribution >= 0.6 is 11.3 Å². The van der Waals surface area contributed by atoms with Gasteiger partial charge in [-0.15, -0.1) is 11.3 Å². The summed E-state index contributed by atoms with van der Waals surface area (Å²) in [6, 6.07) is 1.93. The second-order valence-electron chi connectivity index (χ2n) is 3.05. The monoisotopic (exact) mass is 217 g/mol. The van der Waals surface area contributed by atoms with Crippen molar-refractivity contribution in [1.82, 2.24) is 20.2 Å². The van der Waals surface area contributed by atoms with E-state index in [-0.39, 0.29) is 5.95 Å². The molecule has 3 heterocycles. The van der Waals surface area contributed by atoms with Gasteiger partial charge in [-0.2, -0.15) is 5.10 Å². The van der Waals surface area contributed by atoms with E-state index in [1.165, 1.54) is 0 Å². The van der Waals surface area contributed by atoms with Gasteiger partial charge >= 0.3 is 0 Å². The van der Waals surface area contributed by atoms with E-state index < -0.39 is 0 Å². The van der Waals surface area contributed by atoms with Crippen LogP contribution in [0.5, 0.6) is 0 Å². The normalized spacial score (nSPS) is 10.9. The SMILES string of the molecule is Nc1nc(-c2cn[nH]c2)c2sccc2n1. The summed E-state index contributed by atoms with van der Waals surface area (Å²) in [5.41, 5.74) is 8.28. The van der Waals surface area contributed by atoms with Gasteiger partial charge in [-0.25, -0.2) is 9.97 Å². The maximum atomic E-state index is 5.64.